The average molecular weight is 290 g/mol. The summed E-state index contributed by atoms with van der Waals surface area (Å²) in [6, 6.07) is 1.22. The first-order valence-corrected chi connectivity index (χ1v) is 7.28. The smallest absolute Gasteiger partial charge is 0.270 e. The summed E-state index contributed by atoms with van der Waals surface area (Å²) < 4.78 is 0. The molecule has 0 bridgehead atoms. The highest BCUT2D eigenvalue weighted by Crippen LogP contribution is 2.37. The van der Waals surface area contributed by atoms with Gasteiger partial charge in [-0.05, 0) is 25.2 Å². The normalized spacial score (nSPS) is 21.7. The summed E-state index contributed by atoms with van der Waals surface area (Å²) >= 11 is 0. The highest BCUT2D eigenvalue weighted by atomic mass is 16.2. The highest BCUT2D eigenvalue weighted by Gasteiger charge is 2.27. The van der Waals surface area contributed by atoms with Gasteiger partial charge in [0.1, 0.15) is 11.5 Å². The summed E-state index contributed by atoms with van der Waals surface area (Å²) in [7, 11) is 0. The van der Waals surface area contributed by atoms with Crippen molar-refractivity contribution in [3.05, 3.63) is 27.9 Å². The number of carbonyl (C=O) groups is 2. The number of H-pyrrole nitrogens is 1. The summed E-state index contributed by atoms with van der Waals surface area (Å²) in [5.74, 6) is 0.699. The lowest BCUT2D eigenvalue weighted by Gasteiger charge is -2.22. The van der Waals surface area contributed by atoms with E-state index in [-0.39, 0.29) is 34.9 Å². The molecular weight excluding hydrogens is 272 g/mol. The SMILES string of the molecule is O=C1CC(CNC(=O)c2cc(=O)[nH]c(C3CC3)n2)CCN1. The Morgan fingerprint density at radius 1 is 1.33 bits per heavy atom. The first-order valence-electron chi connectivity index (χ1n) is 7.28. The van der Waals surface area contributed by atoms with Gasteiger partial charge in [0.15, 0.2) is 0 Å². The molecular formula is C14H18N4O3. The lowest BCUT2D eigenvalue weighted by molar-refractivity contribution is -0.123. The Balaban J connectivity index is 1.62. The molecule has 2 fully saturated rings. The molecule has 21 heavy (non-hydrogen) atoms. The van der Waals surface area contributed by atoms with E-state index in [0.29, 0.717) is 25.3 Å². The largest absolute Gasteiger partial charge is 0.356 e. The summed E-state index contributed by atoms with van der Waals surface area (Å²) in [4.78, 5) is 41.8. The molecule has 1 aliphatic heterocycles. The predicted molar refractivity (Wildman–Crippen MR) is 74.9 cm³/mol. The molecule has 3 rings (SSSR count). The molecule has 0 radical (unpaired) electrons. The van der Waals surface area contributed by atoms with Crippen LogP contribution < -0.4 is 16.2 Å². The Hall–Kier alpha value is -2.18. The van der Waals surface area contributed by atoms with Crippen molar-refractivity contribution in [1.29, 1.82) is 0 Å². The van der Waals surface area contributed by atoms with Crippen LogP contribution in [0, 0.1) is 5.92 Å². The molecule has 1 aromatic rings. The average Bonchev–Trinajstić information content (AvgIpc) is 3.29. The van der Waals surface area contributed by atoms with Crippen molar-refractivity contribution in [2.24, 2.45) is 5.92 Å². The molecule has 1 aromatic heterocycles. The molecule has 1 saturated carbocycles. The number of nitrogens with zero attached hydrogens (tertiary/aromatic N) is 1. The summed E-state index contributed by atoms with van der Waals surface area (Å²) in [6.45, 7) is 1.08. The van der Waals surface area contributed by atoms with Crippen molar-refractivity contribution in [1.82, 2.24) is 20.6 Å². The zero-order valence-electron chi connectivity index (χ0n) is 11.6. The van der Waals surface area contributed by atoms with Crippen LogP contribution in [0.3, 0.4) is 0 Å². The van der Waals surface area contributed by atoms with Gasteiger partial charge in [0, 0.05) is 31.5 Å². The molecule has 2 heterocycles. The second-order valence-electron chi connectivity index (χ2n) is 5.71. The second kappa shape index (κ2) is 5.67. The van der Waals surface area contributed by atoms with Crippen molar-refractivity contribution < 1.29 is 9.59 Å². The molecule has 2 aliphatic rings. The van der Waals surface area contributed by atoms with Crippen LogP contribution in [0.15, 0.2) is 10.9 Å². The van der Waals surface area contributed by atoms with Crippen molar-refractivity contribution >= 4 is 11.8 Å². The minimum atomic E-state index is -0.353. The van der Waals surface area contributed by atoms with E-state index >= 15 is 0 Å². The first kappa shape index (κ1) is 13.8. The topological polar surface area (TPSA) is 104 Å². The van der Waals surface area contributed by atoms with Crippen LogP contribution in [-0.4, -0.2) is 34.9 Å². The minimum absolute atomic E-state index is 0.0193. The van der Waals surface area contributed by atoms with Gasteiger partial charge in [-0.1, -0.05) is 0 Å². The van der Waals surface area contributed by atoms with E-state index in [1.54, 1.807) is 0 Å². The van der Waals surface area contributed by atoms with Gasteiger partial charge in [-0.25, -0.2) is 4.98 Å². The van der Waals surface area contributed by atoms with Crippen molar-refractivity contribution in [2.75, 3.05) is 13.1 Å². The van der Waals surface area contributed by atoms with Crippen LogP contribution in [-0.2, 0) is 4.79 Å². The molecule has 1 atom stereocenters. The summed E-state index contributed by atoms with van der Waals surface area (Å²) in [5, 5.41) is 5.52. The van der Waals surface area contributed by atoms with Gasteiger partial charge in [-0.3, -0.25) is 14.4 Å². The van der Waals surface area contributed by atoms with E-state index in [2.05, 4.69) is 20.6 Å². The van der Waals surface area contributed by atoms with Crippen LogP contribution in [0.4, 0.5) is 0 Å². The molecule has 0 spiro atoms. The van der Waals surface area contributed by atoms with Crippen molar-refractivity contribution in [3.63, 3.8) is 0 Å². The number of piperidine rings is 1. The highest BCUT2D eigenvalue weighted by molar-refractivity contribution is 5.92. The Bertz CT molecular complexity index is 621. The molecule has 1 aliphatic carbocycles. The summed E-state index contributed by atoms with van der Waals surface area (Å²) in [5.41, 5.74) is -0.144. The number of hydrogen-bond acceptors (Lipinski definition) is 4. The van der Waals surface area contributed by atoms with Crippen LogP contribution in [0.5, 0.6) is 0 Å². The van der Waals surface area contributed by atoms with Gasteiger partial charge in [0.2, 0.25) is 5.91 Å². The fraction of sp³-hybridized carbons (Fsp3) is 0.571. The van der Waals surface area contributed by atoms with E-state index in [1.165, 1.54) is 6.07 Å². The number of rotatable bonds is 4. The molecule has 3 N–H and O–H groups in total. The number of hydrogen-bond donors (Lipinski definition) is 3. The first-order chi connectivity index (χ1) is 10.1. The zero-order chi connectivity index (χ0) is 14.8. The Labute approximate surface area is 121 Å². The molecule has 0 aromatic carbocycles. The number of amides is 2. The lowest BCUT2D eigenvalue weighted by Crippen LogP contribution is -2.39. The van der Waals surface area contributed by atoms with Crippen molar-refractivity contribution in [2.45, 2.75) is 31.6 Å². The number of aromatic nitrogens is 2. The maximum Gasteiger partial charge on any atom is 0.270 e. The van der Waals surface area contributed by atoms with Crippen molar-refractivity contribution in [3.8, 4) is 0 Å². The van der Waals surface area contributed by atoms with Gasteiger partial charge in [0.05, 0.1) is 0 Å². The molecule has 112 valence electrons. The molecule has 2 amide bonds. The van der Waals surface area contributed by atoms with Gasteiger partial charge < -0.3 is 15.6 Å². The molecule has 1 unspecified atom stereocenters. The third-order valence-corrected chi connectivity index (χ3v) is 3.86. The Morgan fingerprint density at radius 2 is 2.14 bits per heavy atom. The maximum atomic E-state index is 12.1. The number of aromatic amines is 1. The lowest BCUT2D eigenvalue weighted by atomic mass is 9.97. The quantitative estimate of drug-likeness (QED) is 0.720. The van der Waals surface area contributed by atoms with Crippen LogP contribution >= 0.6 is 0 Å². The van der Waals surface area contributed by atoms with E-state index in [9.17, 15) is 14.4 Å². The van der Waals surface area contributed by atoms with Crippen LogP contribution in [0.25, 0.3) is 0 Å². The predicted octanol–water partition coefficient (Wildman–Crippen LogP) is -0.0967. The van der Waals surface area contributed by atoms with Crippen LogP contribution in [0.1, 0.15) is 47.9 Å². The third-order valence-electron chi connectivity index (χ3n) is 3.86. The Kier molecular flexibility index (Phi) is 3.72. The van der Waals surface area contributed by atoms with E-state index in [4.69, 9.17) is 0 Å². The zero-order valence-corrected chi connectivity index (χ0v) is 11.6. The van der Waals surface area contributed by atoms with Gasteiger partial charge in [0.25, 0.3) is 11.5 Å². The second-order valence-corrected chi connectivity index (χ2v) is 5.71. The number of nitrogens with one attached hydrogen (secondary N) is 3. The Morgan fingerprint density at radius 3 is 2.86 bits per heavy atom. The molecule has 7 heteroatoms. The maximum absolute atomic E-state index is 12.1. The van der Waals surface area contributed by atoms with Gasteiger partial charge in [-0.15, -0.1) is 0 Å². The van der Waals surface area contributed by atoms with Gasteiger partial charge in [-0.2, -0.15) is 0 Å². The van der Waals surface area contributed by atoms with Crippen LogP contribution in [0.2, 0.25) is 0 Å². The van der Waals surface area contributed by atoms with E-state index < -0.39 is 0 Å². The van der Waals surface area contributed by atoms with Gasteiger partial charge >= 0.3 is 0 Å². The van der Waals surface area contributed by atoms with E-state index in [1.807, 2.05) is 0 Å². The monoisotopic (exact) mass is 290 g/mol. The standard InChI is InChI=1S/C14H18N4O3/c19-11-5-8(3-4-15-11)7-16-14(21)10-6-12(20)18-13(17-10)9-1-2-9/h6,8-9H,1-5,7H2,(H,15,19)(H,16,21)(H,17,18,20). The fourth-order valence-corrected chi connectivity index (χ4v) is 2.50. The molecule has 7 nitrogen and oxygen atoms in total. The fourth-order valence-electron chi connectivity index (χ4n) is 2.50. The third kappa shape index (κ3) is 3.48. The number of carbonyl (C=O) groups excluding carboxylic acids is 2. The minimum Gasteiger partial charge on any atom is -0.356 e. The van der Waals surface area contributed by atoms with E-state index in [0.717, 1.165) is 19.3 Å². The molecule has 1 saturated heterocycles. The summed E-state index contributed by atoms with van der Waals surface area (Å²) in [6.07, 6.45) is 3.29.